The van der Waals surface area contributed by atoms with Crippen LogP contribution in [0.3, 0.4) is 0 Å². The van der Waals surface area contributed by atoms with E-state index in [0.29, 0.717) is 32.1 Å². The lowest BCUT2D eigenvalue weighted by Crippen LogP contribution is -2.72. The van der Waals surface area contributed by atoms with Crippen LogP contribution in [0.5, 0.6) is 0 Å². The number of ether oxygens (including phenoxy) is 3. The maximum atomic E-state index is 15.2. The van der Waals surface area contributed by atoms with E-state index in [-0.39, 0.29) is 64.4 Å². The topological polar surface area (TPSA) is 151 Å². The molecule has 5 aliphatic carbocycles. The molecule has 0 radical (unpaired) electrons. The fourth-order valence-electron chi connectivity index (χ4n) is 13.4. The Labute approximate surface area is 358 Å². The van der Waals surface area contributed by atoms with Crippen LogP contribution >= 0.6 is 0 Å². The molecule has 1 amide bonds. The number of carbonyl (C=O) groups is 4. The van der Waals surface area contributed by atoms with E-state index in [2.05, 4.69) is 39.9 Å². The van der Waals surface area contributed by atoms with Gasteiger partial charge in [0.25, 0.3) is 0 Å². The van der Waals surface area contributed by atoms with Gasteiger partial charge in [0, 0.05) is 12.8 Å². The number of hydrogen-bond donors (Lipinski definition) is 1. The highest BCUT2D eigenvalue weighted by atomic mass is 16.7. The maximum absolute atomic E-state index is 15.2. The van der Waals surface area contributed by atoms with E-state index < -0.39 is 46.0 Å². The summed E-state index contributed by atoms with van der Waals surface area (Å²) in [6, 6.07) is 19.8. The molecule has 11 heteroatoms. The molecule has 5 aliphatic rings. The first-order valence-electron chi connectivity index (χ1n) is 22.0. The lowest BCUT2D eigenvalue weighted by atomic mass is 9.34. The molecule has 61 heavy (non-hydrogen) atoms. The minimum atomic E-state index is -1.00. The summed E-state index contributed by atoms with van der Waals surface area (Å²) < 4.78 is 27.7. The third-order valence-electron chi connectivity index (χ3n) is 16.9. The van der Waals surface area contributed by atoms with E-state index in [1.807, 2.05) is 73.7 Å². The molecule has 3 aromatic rings. The molecule has 1 N–H and O–H groups in total. The Balaban J connectivity index is 1.07. The standard InChI is InChI=1S/C50H61NO10/c1-30-37(59-44(56)58-30)29-57-43(55)60-39-20-21-47(5)38(50(39,8)51-31(2)52)19-22-49(7)41(47)36(53)27-34-35-28-46(4,24-23-45(35,3)25-26-48(34,49)6)42(54)61-40(32-15-11-9-12-16-32)33-17-13-10-14-18-33/h9-18,27,35,38-41H,19-26,28-29H2,1-8H3,(H,51,52)/t35-,38+,39-,41+,45+,46-,47-,48+,49+,50-/m0/s1. The number of ketones is 1. The minimum absolute atomic E-state index is 0.0235. The Bertz CT molecular complexity index is 2260. The van der Waals surface area contributed by atoms with Crippen molar-refractivity contribution in [3.8, 4) is 0 Å². The first kappa shape index (κ1) is 42.7. The predicted octanol–water partition coefficient (Wildman–Crippen LogP) is 9.75. The van der Waals surface area contributed by atoms with Gasteiger partial charge in [0.1, 0.15) is 6.10 Å². The zero-order chi connectivity index (χ0) is 43.8. The molecule has 0 saturated heterocycles. The van der Waals surface area contributed by atoms with Crippen molar-refractivity contribution in [2.45, 2.75) is 138 Å². The van der Waals surface area contributed by atoms with E-state index in [4.69, 9.17) is 23.0 Å². The van der Waals surface area contributed by atoms with Gasteiger partial charge in [-0.25, -0.2) is 9.59 Å². The van der Waals surface area contributed by atoms with E-state index in [1.54, 1.807) is 0 Å². The number of fused-ring (bicyclic) bond motifs is 7. The number of esters is 1. The SMILES string of the molecule is CC(=O)N[C@]1(C)[C@@H](OC(=O)OCc2oc(=O)oc2C)CC[C@@]2(C)[C@H]1CC[C@]1(C)[C@@H]2C(=O)C=C2[C@@H]3C[C@@](C)(C(=O)OC(c4ccccc4)c4ccccc4)CC[C@]3(C)CC[C@]21C. The van der Waals surface area contributed by atoms with Crippen molar-refractivity contribution in [2.75, 3.05) is 0 Å². The number of carbonyl (C=O) groups excluding carboxylic acids is 4. The zero-order valence-corrected chi connectivity index (χ0v) is 36.9. The van der Waals surface area contributed by atoms with Crippen LogP contribution in [0.4, 0.5) is 4.79 Å². The van der Waals surface area contributed by atoms with Gasteiger partial charge >= 0.3 is 17.9 Å². The highest BCUT2D eigenvalue weighted by molar-refractivity contribution is 5.96. The minimum Gasteiger partial charge on any atom is -0.452 e. The highest BCUT2D eigenvalue weighted by Crippen LogP contribution is 2.74. The molecule has 1 aromatic heterocycles. The summed E-state index contributed by atoms with van der Waals surface area (Å²) in [7, 11) is 0. The van der Waals surface area contributed by atoms with E-state index in [0.717, 1.165) is 36.8 Å². The molecule has 0 bridgehead atoms. The summed E-state index contributed by atoms with van der Waals surface area (Å²) in [5.74, 6) is -1.47. The molecular weight excluding hydrogens is 775 g/mol. The van der Waals surface area contributed by atoms with Crippen LogP contribution in [-0.2, 0) is 35.2 Å². The van der Waals surface area contributed by atoms with Gasteiger partial charge in [0.15, 0.2) is 30.0 Å². The van der Waals surface area contributed by atoms with Crippen molar-refractivity contribution in [1.82, 2.24) is 5.32 Å². The fourth-order valence-corrected chi connectivity index (χ4v) is 13.4. The van der Waals surface area contributed by atoms with E-state index >= 15 is 4.79 Å². The molecule has 2 aromatic carbocycles. The lowest BCUT2D eigenvalue weighted by molar-refractivity contribution is -0.196. The molecule has 0 aliphatic heterocycles. The second-order valence-electron chi connectivity index (χ2n) is 20.4. The second-order valence-corrected chi connectivity index (χ2v) is 20.4. The van der Waals surface area contributed by atoms with Gasteiger partial charge in [0.05, 0.1) is 11.0 Å². The number of hydrogen-bond acceptors (Lipinski definition) is 10. The molecule has 10 atom stereocenters. The predicted molar refractivity (Wildman–Crippen MR) is 226 cm³/mol. The van der Waals surface area contributed by atoms with Crippen molar-refractivity contribution >= 4 is 23.8 Å². The lowest BCUT2D eigenvalue weighted by Gasteiger charge is -2.70. The normalized spacial score (nSPS) is 36.6. The first-order valence-corrected chi connectivity index (χ1v) is 22.0. The Morgan fingerprint density at radius 3 is 2.07 bits per heavy atom. The molecule has 8 rings (SSSR count). The van der Waals surface area contributed by atoms with Crippen LogP contribution in [-0.4, -0.2) is 35.5 Å². The van der Waals surface area contributed by atoms with Gasteiger partial charge in [-0.1, -0.05) is 93.9 Å². The van der Waals surface area contributed by atoms with Crippen molar-refractivity contribution in [2.24, 2.45) is 44.8 Å². The van der Waals surface area contributed by atoms with Crippen LogP contribution in [0.25, 0.3) is 0 Å². The van der Waals surface area contributed by atoms with Crippen LogP contribution in [0.15, 0.2) is 85.9 Å². The first-order chi connectivity index (χ1) is 28.8. The van der Waals surface area contributed by atoms with Crippen molar-refractivity contribution in [3.63, 3.8) is 0 Å². The van der Waals surface area contributed by atoms with Gasteiger partial charge < -0.3 is 28.4 Å². The van der Waals surface area contributed by atoms with E-state index in [9.17, 15) is 19.2 Å². The van der Waals surface area contributed by atoms with E-state index in [1.165, 1.54) is 19.4 Å². The van der Waals surface area contributed by atoms with Gasteiger partial charge in [-0.15, -0.1) is 0 Å². The number of rotatable bonds is 8. The second kappa shape index (κ2) is 15.2. The van der Waals surface area contributed by atoms with Crippen molar-refractivity contribution < 1.29 is 42.2 Å². The monoisotopic (exact) mass is 835 g/mol. The Morgan fingerprint density at radius 2 is 1.46 bits per heavy atom. The summed E-state index contributed by atoms with van der Waals surface area (Å²) in [6.45, 7) is 15.9. The van der Waals surface area contributed by atoms with Crippen LogP contribution in [0.2, 0.25) is 0 Å². The summed E-state index contributed by atoms with van der Waals surface area (Å²) >= 11 is 0. The summed E-state index contributed by atoms with van der Waals surface area (Å²) in [6.07, 6.45) is 6.31. The number of benzene rings is 2. The van der Waals surface area contributed by atoms with Crippen LogP contribution in [0, 0.1) is 51.8 Å². The number of nitrogens with one attached hydrogen (secondary N) is 1. The molecule has 326 valence electrons. The number of allylic oxidation sites excluding steroid dienone is 2. The molecule has 11 nitrogen and oxygen atoms in total. The maximum Gasteiger partial charge on any atom is 0.519 e. The summed E-state index contributed by atoms with van der Waals surface area (Å²) in [5.41, 5.74) is -0.0505. The van der Waals surface area contributed by atoms with Crippen LogP contribution < -0.4 is 11.1 Å². The average molecular weight is 836 g/mol. The summed E-state index contributed by atoms with van der Waals surface area (Å²) in [4.78, 5) is 67.4. The fraction of sp³-hybridized carbons (Fsp3) is 0.580. The quantitative estimate of drug-likeness (QED) is 0.217. The third-order valence-corrected chi connectivity index (χ3v) is 16.9. The van der Waals surface area contributed by atoms with Gasteiger partial charge in [-0.2, -0.15) is 0 Å². The Hall–Kier alpha value is -4.93. The van der Waals surface area contributed by atoms with Gasteiger partial charge in [-0.3, -0.25) is 14.4 Å². The largest absolute Gasteiger partial charge is 0.519 e. The molecule has 4 fully saturated rings. The Morgan fingerprint density at radius 1 is 0.820 bits per heavy atom. The van der Waals surface area contributed by atoms with Crippen LogP contribution in [0.1, 0.15) is 135 Å². The molecule has 4 saturated carbocycles. The number of amides is 1. The molecule has 0 unspecified atom stereocenters. The molecular formula is C50H61NO10. The smallest absolute Gasteiger partial charge is 0.452 e. The average Bonchev–Trinajstić information content (AvgIpc) is 3.54. The van der Waals surface area contributed by atoms with Gasteiger partial charge in [-0.05, 0) is 129 Å². The summed E-state index contributed by atoms with van der Waals surface area (Å²) in [5, 5.41) is 3.19. The van der Waals surface area contributed by atoms with Crippen molar-refractivity contribution in [3.05, 3.63) is 106 Å². The Kier molecular flexibility index (Phi) is 10.6. The molecule has 0 spiro atoms. The third kappa shape index (κ3) is 6.98. The van der Waals surface area contributed by atoms with Crippen molar-refractivity contribution in [1.29, 1.82) is 0 Å². The highest BCUT2D eigenvalue weighted by Gasteiger charge is 2.71. The molecule has 1 heterocycles. The van der Waals surface area contributed by atoms with Gasteiger partial charge in [0.2, 0.25) is 5.91 Å². The zero-order valence-electron chi connectivity index (χ0n) is 36.9. The number of aryl methyl sites for hydroxylation is 1.